The molecule has 1 fully saturated rings. The Morgan fingerprint density at radius 3 is 2.88 bits per heavy atom. The summed E-state index contributed by atoms with van der Waals surface area (Å²) >= 11 is 0. The molecular weight excluding hydrogens is 304 g/mol. The molecule has 0 bridgehead atoms. The van der Waals surface area contributed by atoms with E-state index in [1.165, 1.54) is 0 Å². The minimum atomic E-state index is 0.163. The maximum absolute atomic E-state index is 9.47. The SMILES string of the molecule is CN(C)c1ccc(CNc2cc(N3CCC[C@@H]3CO)ncn2)cn1. The van der Waals surface area contributed by atoms with Crippen LogP contribution in [0.5, 0.6) is 0 Å². The molecule has 0 unspecified atom stereocenters. The smallest absolute Gasteiger partial charge is 0.134 e. The molecule has 24 heavy (non-hydrogen) atoms. The lowest BCUT2D eigenvalue weighted by atomic mass is 10.2. The van der Waals surface area contributed by atoms with Crippen molar-refractivity contribution in [3.8, 4) is 0 Å². The molecule has 128 valence electrons. The number of aromatic nitrogens is 3. The van der Waals surface area contributed by atoms with Crippen molar-refractivity contribution in [1.29, 1.82) is 0 Å². The van der Waals surface area contributed by atoms with E-state index in [9.17, 15) is 5.11 Å². The number of hydrogen-bond donors (Lipinski definition) is 2. The van der Waals surface area contributed by atoms with Crippen LogP contribution in [0.25, 0.3) is 0 Å². The lowest BCUT2D eigenvalue weighted by Gasteiger charge is -2.24. The number of anilines is 3. The van der Waals surface area contributed by atoms with Crippen LogP contribution in [0.4, 0.5) is 17.5 Å². The zero-order valence-corrected chi connectivity index (χ0v) is 14.2. The van der Waals surface area contributed by atoms with Crippen molar-refractivity contribution in [2.24, 2.45) is 0 Å². The van der Waals surface area contributed by atoms with Crippen LogP contribution < -0.4 is 15.1 Å². The van der Waals surface area contributed by atoms with Crippen LogP contribution in [0.1, 0.15) is 18.4 Å². The Balaban J connectivity index is 1.64. The van der Waals surface area contributed by atoms with E-state index in [0.29, 0.717) is 6.54 Å². The lowest BCUT2D eigenvalue weighted by molar-refractivity contribution is 0.266. The van der Waals surface area contributed by atoms with Crippen molar-refractivity contribution in [2.75, 3.05) is 42.4 Å². The molecule has 2 aromatic heterocycles. The highest BCUT2D eigenvalue weighted by Crippen LogP contribution is 2.24. The molecule has 0 amide bonds. The number of rotatable bonds is 6. The zero-order chi connectivity index (χ0) is 16.9. The highest BCUT2D eigenvalue weighted by Gasteiger charge is 2.25. The third-order valence-corrected chi connectivity index (χ3v) is 4.28. The van der Waals surface area contributed by atoms with Gasteiger partial charge in [-0.25, -0.2) is 15.0 Å². The van der Waals surface area contributed by atoms with Crippen molar-refractivity contribution in [3.63, 3.8) is 0 Å². The number of hydrogen-bond acceptors (Lipinski definition) is 7. The van der Waals surface area contributed by atoms with Crippen molar-refractivity contribution in [3.05, 3.63) is 36.3 Å². The second kappa shape index (κ2) is 7.44. The first kappa shape index (κ1) is 16.4. The van der Waals surface area contributed by atoms with Gasteiger partial charge < -0.3 is 20.2 Å². The standard InChI is InChI=1S/C17H24N6O/c1-22(2)16-6-5-13(10-19-16)9-18-15-8-17(21-12-20-15)23-7-3-4-14(23)11-24/h5-6,8,10,12,14,24H,3-4,7,9,11H2,1-2H3,(H,18,20,21)/t14-/m1/s1. The molecule has 2 aromatic rings. The highest BCUT2D eigenvalue weighted by atomic mass is 16.3. The molecule has 0 aromatic carbocycles. The average molecular weight is 328 g/mol. The monoisotopic (exact) mass is 328 g/mol. The molecule has 1 atom stereocenters. The van der Waals surface area contributed by atoms with Crippen LogP contribution in [0.3, 0.4) is 0 Å². The summed E-state index contributed by atoms with van der Waals surface area (Å²) in [5.41, 5.74) is 1.09. The van der Waals surface area contributed by atoms with E-state index < -0.39 is 0 Å². The van der Waals surface area contributed by atoms with Gasteiger partial charge in [-0.3, -0.25) is 0 Å². The van der Waals surface area contributed by atoms with E-state index in [1.54, 1.807) is 6.33 Å². The Hall–Kier alpha value is -2.41. The Bertz CT molecular complexity index is 660. The van der Waals surface area contributed by atoms with Crippen molar-refractivity contribution >= 4 is 17.5 Å². The average Bonchev–Trinajstić information content (AvgIpc) is 3.09. The first-order valence-corrected chi connectivity index (χ1v) is 8.23. The van der Waals surface area contributed by atoms with Crippen LogP contribution in [-0.4, -0.2) is 53.3 Å². The molecule has 1 saturated heterocycles. The van der Waals surface area contributed by atoms with Gasteiger partial charge in [0.1, 0.15) is 23.8 Å². The Kier molecular flexibility index (Phi) is 5.10. The van der Waals surface area contributed by atoms with Gasteiger partial charge in [0.25, 0.3) is 0 Å². The van der Waals surface area contributed by atoms with Crippen LogP contribution >= 0.6 is 0 Å². The Labute approximate surface area is 142 Å². The lowest BCUT2D eigenvalue weighted by Crippen LogP contribution is -2.32. The third kappa shape index (κ3) is 3.73. The minimum Gasteiger partial charge on any atom is -0.394 e. The van der Waals surface area contributed by atoms with Crippen LogP contribution in [-0.2, 0) is 6.54 Å². The molecule has 7 nitrogen and oxygen atoms in total. The molecule has 7 heteroatoms. The number of aliphatic hydroxyl groups is 1. The summed E-state index contributed by atoms with van der Waals surface area (Å²) in [7, 11) is 3.95. The molecular formula is C17H24N6O. The van der Waals surface area contributed by atoms with E-state index in [-0.39, 0.29) is 12.6 Å². The zero-order valence-electron chi connectivity index (χ0n) is 14.2. The molecule has 3 heterocycles. The van der Waals surface area contributed by atoms with Crippen molar-refractivity contribution in [1.82, 2.24) is 15.0 Å². The Morgan fingerprint density at radius 1 is 1.29 bits per heavy atom. The Morgan fingerprint density at radius 2 is 2.17 bits per heavy atom. The fourth-order valence-electron chi connectivity index (χ4n) is 2.91. The van der Waals surface area contributed by atoms with Gasteiger partial charge in [0.05, 0.1) is 12.6 Å². The highest BCUT2D eigenvalue weighted by molar-refractivity contribution is 5.50. The second-order valence-electron chi connectivity index (χ2n) is 6.21. The van der Waals surface area contributed by atoms with Gasteiger partial charge in [-0.2, -0.15) is 0 Å². The molecule has 0 radical (unpaired) electrons. The first-order valence-electron chi connectivity index (χ1n) is 8.23. The topological polar surface area (TPSA) is 77.4 Å². The second-order valence-corrected chi connectivity index (χ2v) is 6.21. The summed E-state index contributed by atoms with van der Waals surface area (Å²) in [6, 6.07) is 6.16. The van der Waals surface area contributed by atoms with Crippen molar-refractivity contribution < 1.29 is 5.11 Å². The maximum Gasteiger partial charge on any atom is 0.134 e. The number of aliphatic hydroxyl groups excluding tert-OH is 1. The molecule has 1 aliphatic heterocycles. The van der Waals surface area contributed by atoms with Gasteiger partial charge >= 0.3 is 0 Å². The van der Waals surface area contributed by atoms with Crippen LogP contribution in [0.15, 0.2) is 30.7 Å². The number of nitrogens with one attached hydrogen (secondary N) is 1. The quantitative estimate of drug-likeness (QED) is 0.832. The fourth-order valence-corrected chi connectivity index (χ4v) is 2.91. The molecule has 0 aliphatic carbocycles. The predicted octanol–water partition coefficient (Wildman–Crippen LogP) is 1.51. The first-order chi connectivity index (χ1) is 11.7. The van der Waals surface area contributed by atoms with Crippen LogP contribution in [0, 0.1) is 0 Å². The molecule has 3 rings (SSSR count). The van der Waals surface area contributed by atoms with Gasteiger partial charge in [0.2, 0.25) is 0 Å². The summed E-state index contributed by atoms with van der Waals surface area (Å²) in [5.74, 6) is 2.58. The van der Waals surface area contributed by atoms with Gasteiger partial charge in [-0.15, -0.1) is 0 Å². The summed E-state index contributed by atoms with van der Waals surface area (Å²) in [6.45, 7) is 1.74. The van der Waals surface area contributed by atoms with Crippen molar-refractivity contribution in [2.45, 2.75) is 25.4 Å². The van der Waals surface area contributed by atoms with Gasteiger partial charge in [0, 0.05) is 39.4 Å². The molecule has 0 saturated carbocycles. The molecule has 2 N–H and O–H groups in total. The number of nitrogens with zero attached hydrogens (tertiary/aromatic N) is 5. The van der Waals surface area contributed by atoms with E-state index in [0.717, 1.165) is 42.4 Å². The largest absolute Gasteiger partial charge is 0.394 e. The van der Waals surface area contributed by atoms with Gasteiger partial charge in [0.15, 0.2) is 0 Å². The van der Waals surface area contributed by atoms with E-state index in [2.05, 4.69) is 31.2 Å². The summed E-state index contributed by atoms with van der Waals surface area (Å²) < 4.78 is 0. The third-order valence-electron chi connectivity index (χ3n) is 4.28. The van der Waals surface area contributed by atoms with Gasteiger partial charge in [-0.1, -0.05) is 6.07 Å². The fraction of sp³-hybridized carbons (Fsp3) is 0.471. The summed E-state index contributed by atoms with van der Waals surface area (Å²) in [6.07, 6.45) is 5.53. The number of pyridine rings is 1. The van der Waals surface area contributed by atoms with E-state index >= 15 is 0 Å². The van der Waals surface area contributed by atoms with E-state index in [1.807, 2.05) is 37.3 Å². The van der Waals surface area contributed by atoms with Gasteiger partial charge in [-0.05, 0) is 24.5 Å². The molecule has 0 spiro atoms. The minimum absolute atomic E-state index is 0.163. The maximum atomic E-state index is 9.47. The molecule has 1 aliphatic rings. The van der Waals surface area contributed by atoms with E-state index in [4.69, 9.17) is 0 Å². The normalized spacial score (nSPS) is 17.1. The summed E-state index contributed by atoms with van der Waals surface area (Å²) in [4.78, 5) is 17.2. The summed E-state index contributed by atoms with van der Waals surface area (Å²) in [5, 5.41) is 12.8. The van der Waals surface area contributed by atoms with Crippen LogP contribution in [0.2, 0.25) is 0 Å². The predicted molar refractivity (Wildman–Crippen MR) is 95.4 cm³/mol.